The van der Waals surface area contributed by atoms with E-state index in [0.717, 1.165) is 0 Å². The van der Waals surface area contributed by atoms with Crippen LogP contribution in [0.25, 0.3) is 11.4 Å². The van der Waals surface area contributed by atoms with Crippen LogP contribution in [-0.4, -0.2) is 19.9 Å². The van der Waals surface area contributed by atoms with Gasteiger partial charge in [0.15, 0.2) is 5.69 Å². The molecule has 0 fully saturated rings. The minimum Gasteiger partial charge on any atom is -0.378 e. The molecule has 0 aliphatic heterocycles. The van der Waals surface area contributed by atoms with Gasteiger partial charge in [-0.05, 0) is 12.1 Å². The molecular formula is C8H7N5O2. The fourth-order valence-corrected chi connectivity index (χ4v) is 1.25. The van der Waals surface area contributed by atoms with Crippen molar-refractivity contribution in [2.75, 3.05) is 5.73 Å². The average molecular weight is 205 g/mol. The molecule has 7 nitrogen and oxygen atoms in total. The highest BCUT2D eigenvalue weighted by Crippen LogP contribution is 2.29. The first-order valence-electron chi connectivity index (χ1n) is 4.09. The van der Waals surface area contributed by atoms with E-state index >= 15 is 0 Å². The minimum atomic E-state index is -0.592. The Hall–Kier alpha value is -2.44. The molecule has 0 saturated carbocycles. The predicted octanol–water partition coefficient (Wildman–Crippen LogP) is 0.962. The molecule has 2 heterocycles. The van der Waals surface area contributed by atoms with Gasteiger partial charge >= 0.3 is 5.69 Å². The zero-order valence-electron chi connectivity index (χ0n) is 7.54. The molecule has 15 heavy (non-hydrogen) atoms. The fourth-order valence-electron chi connectivity index (χ4n) is 1.25. The van der Waals surface area contributed by atoms with Crippen LogP contribution in [0.1, 0.15) is 0 Å². The minimum absolute atomic E-state index is 0.139. The van der Waals surface area contributed by atoms with Gasteiger partial charge in [-0.15, -0.1) is 0 Å². The van der Waals surface area contributed by atoms with Gasteiger partial charge in [-0.1, -0.05) is 0 Å². The molecule has 2 aromatic heterocycles. The number of aromatic nitrogens is 3. The standard InChI is InChI=1S/C8H7N5O2/c9-8-7(13(14)15)6(11-4-12-8)5-2-1-3-10-5/h1-4,10H,(H2,9,11,12). The maximum absolute atomic E-state index is 10.8. The van der Waals surface area contributed by atoms with Crippen LogP contribution >= 0.6 is 0 Å². The largest absolute Gasteiger partial charge is 0.378 e. The molecule has 0 bridgehead atoms. The van der Waals surface area contributed by atoms with E-state index in [9.17, 15) is 10.1 Å². The average Bonchev–Trinajstić information content (AvgIpc) is 2.69. The van der Waals surface area contributed by atoms with E-state index in [1.165, 1.54) is 6.33 Å². The summed E-state index contributed by atoms with van der Waals surface area (Å²) in [4.78, 5) is 20.4. The summed E-state index contributed by atoms with van der Waals surface area (Å²) in [5.74, 6) is -0.139. The lowest BCUT2D eigenvalue weighted by Gasteiger charge is -2.00. The maximum Gasteiger partial charge on any atom is 0.338 e. The van der Waals surface area contributed by atoms with E-state index in [-0.39, 0.29) is 17.2 Å². The molecule has 2 rings (SSSR count). The Morgan fingerprint density at radius 3 is 2.87 bits per heavy atom. The molecule has 0 radical (unpaired) electrons. The number of aromatic amines is 1. The summed E-state index contributed by atoms with van der Waals surface area (Å²) in [7, 11) is 0. The molecule has 0 aliphatic carbocycles. The summed E-state index contributed by atoms with van der Waals surface area (Å²) in [5, 5.41) is 10.8. The summed E-state index contributed by atoms with van der Waals surface area (Å²) in [6.45, 7) is 0. The first-order chi connectivity index (χ1) is 7.20. The van der Waals surface area contributed by atoms with Gasteiger partial charge in [-0.2, -0.15) is 0 Å². The third-order valence-electron chi connectivity index (χ3n) is 1.89. The maximum atomic E-state index is 10.8. The summed E-state index contributed by atoms with van der Waals surface area (Å²) < 4.78 is 0. The van der Waals surface area contributed by atoms with Crippen molar-refractivity contribution in [3.8, 4) is 11.4 Å². The van der Waals surface area contributed by atoms with Crippen molar-refractivity contribution < 1.29 is 4.92 Å². The Morgan fingerprint density at radius 1 is 1.47 bits per heavy atom. The second-order valence-corrected chi connectivity index (χ2v) is 2.80. The summed E-state index contributed by atoms with van der Waals surface area (Å²) in [6.07, 6.45) is 2.84. The van der Waals surface area contributed by atoms with Gasteiger partial charge in [0, 0.05) is 6.20 Å². The van der Waals surface area contributed by atoms with E-state index in [4.69, 9.17) is 5.73 Å². The zero-order valence-corrected chi connectivity index (χ0v) is 7.54. The number of rotatable bonds is 2. The Balaban J connectivity index is 2.66. The molecule has 0 atom stereocenters. The topological polar surface area (TPSA) is 111 Å². The van der Waals surface area contributed by atoms with Gasteiger partial charge in [0.05, 0.1) is 10.6 Å². The van der Waals surface area contributed by atoms with Gasteiger partial charge in [-0.3, -0.25) is 10.1 Å². The summed E-state index contributed by atoms with van der Waals surface area (Å²) in [6, 6.07) is 3.39. The van der Waals surface area contributed by atoms with Crippen molar-refractivity contribution >= 4 is 11.5 Å². The number of H-pyrrole nitrogens is 1. The third-order valence-corrected chi connectivity index (χ3v) is 1.89. The fraction of sp³-hybridized carbons (Fsp3) is 0. The number of anilines is 1. The number of nitrogens with zero attached hydrogens (tertiary/aromatic N) is 3. The molecule has 0 unspecified atom stereocenters. The van der Waals surface area contributed by atoms with Crippen molar-refractivity contribution in [3.05, 3.63) is 34.8 Å². The number of nitrogens with one attached hydrogen (secondary N) is 1. The zero-order chi connectivity index (χ0) is 10.8. The van der Waals surface area contributed by atoms with Crippen LogP contribution in [0.4, 0.5) is 11.5 Å². The SMILES string of the molecule is Nc1ncnc(-c2ccc[nH]2)c1[N+](=O)[O-]. The van der Waals surface area contributed by atoms with Gasteiger partial charge in [0.1, 0.15) is 6.33 Å². The number of nitrogens with two attached hydrogens (primary N) is 1. The van der Waals surface area contributed by atoms with Gasteiger partial charge in [0.2, 0.25) is 5.82 Å². The molecule has 7 heteroatoms. The molecule has 0 aliphatic rings. The van der Waals surface area contributed by atoms with Gasteiger partial charge in [0.25, 0.3) is 0 Å². The van der Waals surface area contributed by atoms with Gasteiger partial charge < -0.3 is 10.7 Å². The summed E-state index contributed by atoms with van der Waals surface area (Å²) >= 11 is 0. The van der Waals surface area contributed by atoms with Crippen LogP contribution in [-0.2, 0) is 0 Å². The highest BCUT2D eigenvalue weighted by molar-refractivity contribution is 5.73. The molecule has 0 spiro atoms. The van der Waals surface area contributed by atoms with Crippen LogP contribution < -0.4 is 5.73 Å². The Bertz CT molecular complexity index is 494. The van der Waals surface area contributed by atoms with Crippen molar-refractivity contribution in [1.82, 2.24) is 15.0 Å². The van der Waals surface area contributed by atoms with E-state index < -0.39 is 4.92 Å². The Morgan fingerprint density at radius 2 is 2.27 bits per heavy atom. The van der Waals surface area contributed by atoms with Crippen molar-refractivity contribution in [2.24, 2.45) is 0 Å². The van der Waals surface area contributed by atoms with Crippen molar-refractivity contribution in [1.29, 1.82) is 0 Å². The number of hydrogen-bond donors (Lipinski definition) is 2. The molecule has 0 aromatic carbocycles. The molecule has 0 saturated heterocycles. The first kappa shape index (κ1) is 9.13. The lowest BCUT2D eigenvalue weighted by atomic mass is 10.2. The van der Waals surface area contributed by atoms with Crippen LogP contribution in [0, 0.1) is 10.1 Å². The van der Waals surface area contributed by atoms with E-state index in [2.05, 4.69) is 15.0 Å². The van der Waals surface area contributed by atoms with E-state index in [1.54, 1.807) is 18.3 Å². The Kier molecular flexibility index (Phi) is 2.05. The quantitative estimate of drug-likeness (QED) is 0.560. The molecule has 76 valence electrons. The van der Waals surface area contributed by atoms with Crippen LogP contribution in [0.2, 0.25) is 0 Å². The molecule has 2 aromatic rings. The summed E-state index contributed by atoms with van der Waals surface area (Å²) in [5.41, 5.74) is 5.87. The molecule has 0 amide bonds. The van der Waals surface area contributed by atoms with Crippen LogP contribution in [0.5, 0.6) is 0 Å². The number of nitro groups is 1. The third kappa shape index (κ3) is 1.50. The van der Waals surface area contributed by atoms with Crippen LogP contribution in [0.15, 0.2) is 24.7 Å². The predicted molar refractivity (Wildman–Crippen MR) is 52.9 cm³/mol. The second-order valence-electron chi connectivity index (χ2n) is 2.80. The molecule has 3 N–H and O–H groups in total. The lowest BCUT2D eigenvalue weighted by Crippen LogP contribution is -2.02. The highest BCUT2D eigenvalue weighted by Gasteiger charge is 2.22. The second kappa shape index (κ2) is 3.37. The number of hydrogen-bond acceptors (Lipinski definition) is 5. The van der Waals surface area contributed by atoms with E-state index in [0.29, 0.717) is 5.69 Å². The number of nitrogen functional groups attached to an aromatic ring is 1. The highest BCUT2D eigenvalue weighted by atomic mass is 16.6. The monoisotopic (exact) mass is 205 g/mol. The van der Waals surface area contributed by atoms with Gasteiger partial charge in [-0.25, -0.2) is 9.97 Å². The first-order valence-corrected chi connectivity index (χ1v) is 4.09. The van der Waals surface area contributed by atoms with Crippen molar-refractivity contribution in [2.45, 2.75) is 0 Å². The van der Waals surface area contributed by atoms with Crippen molar-refractivity contribution in [3.63, 3.8) is 0 Å². The smallest absolute Gasteiger partial charge is 0.338 e. The van der Waals surface area contributed by atoms with Crippen LogP contribution in [0.3, 0.4) is 0 Å². The lowest BCUT2D eigenvalue weighted by molar-refractivity contribution is -0.383. The molecular weight excluding hydrogens is 198 g/mol. The van der Waals surface area contributed by atoms with E-state index in [1.807, 2.05) is 0 Å². The normalized spacial score (nSPS) is 10.1. The Labute approximate surface area is 84.1 Å².